The molecule has 2 aliphatic heterocycles. The molecule has 1 unspecified atom stereocenters. The summed E-state index contributed by atoms with van der Waals surface area (Å²) in [6, 6.07) is 15.0. The summed E-state index contributed by atoms with van der Waals surface area (Å²) in [6.45, 7) is 6.70. The highest BCUT2D eigenvalue weighted by Gasteiger charge is 2.29. The summed E-state index contributed by atoms with van der Waals surface area (Å²) in [5.41, 5.74) is 3.31. The normalized spacial score (nSPS) is 21.0. The standard InChI is InChI=1S/C28H35N5O4S/c1-2-25(34)32-14-7-6-12-23(20-32)33-26-22(19-31-15-17-38(36,37)18-16-31)11-8-13-24(26)29-28(33)30-27(35)21-9-4-3-5-10-21/h2-5,8-11,13,23,36-37H,1,6-7,12,14-20H2,(H,29,30,35). The summed E-state index contributed by atoms with van der Waals surface area (Å²) >= 11 is 0. The number of para-hydroxylation sites is 1. The highest BCUT2D eigenvalue weighted by Crippen LogP contribution is 2.41. The molecule has 2 aromatic carbocycles. The quantitative estimate of drug-likeness (QED) is 0.397. The lowest BCUT2D eigenvalue weighted by Gasteiger charge is -2.41. The van der Waals surface area contributed by atoms with Gasteiger partial charge in [0.1, 0.15) is 0 Å². The van der Waals surface area contributed by atoms with E-state index in [0.717, 1.165) is 35.9 Å². The highest BCUT2D eigenvalue weighted by molar-refractivity contribution is 8.24. The SMILES string of the molecule is C=CC(=O)N1CCCCC(n2c(NC(=O)c3ccccc3)nc3cccc(CN4CCS(O)(O)CC4)c32)C1. The van der Waals surface area contributed by atoms with Gasteiger partial charge >= 0.3 is 0 Å². The number of benzene rings is 2. The van der Waals surface area contributed by atoms with Crippen molar-refractivity contribution >= 4 is 39.4 Å². The Hall–Kier alpha value is -3.18. The summed E-state index contributed by atoms with van der Waals surface area (Å²) in [4.78, 5) is 34.7. The monoisotopic (exact) mass is 537 g/mol. The zero-order chi connectivity index (χ0) is 26.7. The van der Waals surface area contributed by atoms with Crippen LogP contribution in [0.25, 0.3) is 11.0 Å². The van der Waals surface area contributed by atoms with Gasteiger partial charge in [0.2, 0.25) is 11.9 Å². The van der Waals surface area contributed by atoms with Crippen LogP contribution in [0.4, 0.5) is 5.95 Å². The number of amides is 2. The van der Waals surface area contributed by atoms with Crippen LogP contribution in [0.15, 0.2) is 61.2 Å². The van der Waals surface area contributed by atoms with Crippen LogP contribution in [0.1, 0.15) is 41.2 Å². The van der Waals surface area contributed by atoms with Crippen molar-refractivity contribution in [1.82, 2.24) is 19.4 Å². The summed E-state index contributed by atoms with van der Waals surface area (Å²) < 4.78 is 22.2. The van der Waals surface area contributed by atoms with E-state index in [1.165, 1.54) is 6.08 Å². The van der Waals surface area contributed by atoms with E-state index in [9.17, 15) is 18.7 Å². The molecule has 9 nitrogen and oxygen atoms in total. The number of aromatic nitrogens is 2. The molecule has 3 heterocycles. The fourth-order valence-electron chi connectivity index (χ4n) is 5.38. The fourth-order valence-corrected chi connectivity index (χ4v) is 6.68. The van der Waals surface area contributed by atoms with Crippen LogP contribution < -0.4 is 5.32 Å². The number of hydrogen-bond acceptors (Lipinski definition) is 6. The second-order valence-corrected chi connectivity index (χ2v) is 12.5. The van der Waals surface area contributed by atoms with Crippen molar-refractivity contribution in [3.05, 3.63) is 72.3 Å². The maximum Gasteiger partial charge on any atom is 0.257 e. The molecule has 0 bridgehead atoms. The van der Waals surface area contributed by atoms with Crippen LogP contribution in [0.2, 0.25) is 0 Å². The Morgan fingerprint density at radius 2 is 1.82 bits per heavy atom. The van der Waals surface area contributed by atoms with Crippen molar-refractivity contribution in [2.24, 2.45) is 0 Å². The number of rotatable bonds is 6. The minimum absolute atomic E-state index is 0.0769. The molecule has 2 amide bonds. The van der Waals surface area contributed by atoms with Gasteiger partial charge in [0.05, 0.1) is 28.6 Å². The minimum atomic E-state index is -2.48. The number of anilines is 1. The first kappa shape index (κ1) is 26.4. The zero-order valence-electron chi connectivity index (χ0n) is 21.5. The van der Waals surface area contributed by atoms with E-state index in [4.69, 9.17) is 4.98 Å². The lowest BCUT2D eigenvalue weighted by atomic mass is 10.1. The van der Waals surface area contributed by atoms with Crippen molar-refractivity contribution < 1.29 is 18.7 Å². The van der Waals surface area contributed by atoms with Gasteiger partial charge in [-0.3, -0.25) is 28.9 Å². The van der Waals surface area contributed by atoms with Crippen LogP contribution >= 0.6 is 10.6 Å². The third-order valence-electron chi connectivity index (χ3n) is 7.42. The van der Waals surface area contributed by atoms with Gasteiger partial charge in [0.15, 0.2) is 0 Å². The Labute approximate surface area is 224 Å². The molecule has 5 rings (SSSR count). The number of hydrogen-bond donors (Lipinski definition) is 3. The number of carbonyl (C=O) groups excluding carboxylic acids is 2. The molecule has 2 saturated heterocycles. The van der Waals surface area contributed by atoms with Crippen LogP contribution in [-0.4, -0.2) is 78.0 Å². The minimum Gasteiger partial charge on any atom is -0.337 e. The second-order valence-electron chi connectivity index (χ2n) is 10.0. The van der Waals surface area contributed by atoms with E-state index in [1.54, 1.807) is 12.1 Å². The van der Waals surface area contributed by atoms with Crippen LogP contribution in [0.3, 0.4) is 0 Å². The van der Waals surface area contributed by atoms with Gasteiger partial charge in [0, 0.05) is 38.3 Å². The smallest absolute Gasteiger partial charge is 0.257 e. The Morgan fingerprint density at radius 3 is 2.55 bits per heavy atom. The first-order chi connectivity index (χ1) is 18.3. The molecule has 2 aliphatic rings. The molecule has 0 radical (unpaired) electrons. The first-order valence-corrected chi connectivity index (χ1v) is 15.0. The Kier molecular flexibility index (Phi) is 7.85. The third kappa shape index (κ3) is 5.78. The van der Waals surface area contributed by atoms with Crippen molar-refractivity contribution in [2.75, 3.05) is 43.0 Å². The summed E-state index contributed by atoms with van der Waals surface area (Å²) in [7, 11) is -2.48. The number of carbonyl (C=O) groups is 2. The topological polar surface area (TPSA) is 111 Å². The molecule has 3 N–H and O–H groups in total. The molecule has 2 fully saturated rings. The van der Waals surface area contributed by atoms with Crippen molar-refractivity contribution in [3.63, 3.8) is 0 Å². The average Bonchev–Trinajstić information content (AvgIpc) is 3.11. The summed E-state index contributed by atoms with van der Waals surface area (Å²) in [5.74, 6) is 0.886. The molecular formula is C28H35N5O4S. The van der Waals surface area contributed by atoms with Crippen LogP contribution in [0.5, 0.6) is 0 Å². The molecule has 0 aliphatic carbocycles. The fraction of sp³-hybridized carbons (Fsp3) is 0.393. The number of imidazole rings is 1. The third-order valence-corrected chi connectivity index (χ3v) is 9.09. The Morgan fingerprint density at radius 1 is 1.05 bits per heavy atom. The number of fused-ring (bicyclic) bond motifs is 1. The number of nitrogens with zero attached hydrogens (tertiary/aromatic N) is 4. The molecule has 0 saturated carbocycles. The predicted molar refractivity (Wildman–Crippen MR) is 152 cm³/mol. The van der Waals surface area contributed by atoms with Crippen molar-refractivity contribution in [2.45, 2.75) is 31.8 Å². The van der Waals surface area contributed by atoms with Gasteiger partial charge in [-0.15, -0.1) is 0 Å². The lowest BCUT2D eigenvalue weighted by molar-refractivity contribution is -0.126. The van der Waals surface area contributed by atoms with E-state index in [2.05, 4.69) is 27.4 Å². The van der Waals surface area contributed by atoms with Crippen molar-refractivity contribution in [1.29, 1.82) is 0 Å². The molecule has 1 aromatic heterocycles. The summed E-state index contributed by atoms with van der Waals surface area (Å²) in [5, 5.41) is 3.05. The number of nitrogens with one attached hydrogen (secondary N) is 1. The van der Waals surface area contributed by atoms with E-state index in [0.29, 0.717) is 55.7 Å². The molecular weight excluding hydrogens is 502 g/mol. The summed E-state index contributed by atoms with van der Waals surface area (Å²) in [6.07, 6.45) is 4.06. The van der Waals surface area contributed by atoms with Gasteiger partial charge in [-0.2, -0.15) is 10.6 Å². The zero-order valence-corrected chi connectivity index (χ0v) is 22.3. The van der Waals surface area contributed by atoms with E-state index in [-0.39, 0.29) is 17.9 Å². The van der Waals surface area contributed by atoms with Gasteiger partial charge in [-0.25, -0.2) is 4.98 Å². The molecule has 10 heteroatoms. The number of likely N-dealkylation sites (tertiary alicyclic amines) is 1. The van der Waals surface area contributed by atoms with Gasteiger partial charge in [-0.1, -0.05) is 36.9 Å². The van der Waals surface area contributed by atoms with Crippen molar-refractivity contribution in [3.8, 4) is 0 Å². The van der Waals surface area contributed by atoms with Crippen LogP contribution in [-0.2, 0) is 11.3 Å². The van der Waals surface area contributed by atoms with Gasteiger partial charge < -0.3 is 9.47 Å². The molecule has 0 spiro atoms. The largest absolute Gasteiger partial charge is 0.337 e. The van der Waals surface area contributed by atoms with Gasteiger partial charge in [-0.05, 0) is 49.1 Å². The Balaban J connectivity index is 1.55. The Bertz CT molecular complexity index is 1320. The van der Waals surface area contributed by atoms with E-state index >= 15 is 0 Å². The maximum absolute atomic E-state index is 13.2. The average molecular weight is 538 g/mol. The molecule has 38 heavy (non-hydrogen) atoms. The van der Waals surface area contributed by atoms with Crippen LogP contribution in [0, 0.1) is 0 Å². The molecule has 202 valence electrons. The molecule has 1 atom stereocenters. The maximum atomic E-state index is 13.2. The van der Waals surface area contributed by atoms with Gasteiger partial charge in [0.25, 0.3) is 5.91 Å². The first-order valence-electron chi connectivity index (χ1n) is 13.1. The predicted octanol–water partition coefficient (Wildman–Crippen LogP) is 4.59. The highest BCUT2D eigenvalue weighted by atomic mass is 32.3. The van der Waals surface area contributed by atoms with E-state index in [1.807, 2.05) is 35.2 Å². The van der Waals surface area contributed by atoms with E-state index < -0.39 is 10.6 Å². The lowest BCUT2D eigenvalue weighted by Crippen LogP contribution is -2.38. The molecule has 3 aromatic rings. The second kappa shape index (κ2) is 11.3.